The lowest BCUT2D eigenvalue weighted by Gasteiger charge is -2.48. The van der Waals surface area contributed by atoms with Crippen molar-refractivity contribution in [3.63, 3.8) is 0 Å². The van der Waals surface area contributed by atoms with Gasteiger partial charge < -0.3 is 14.2 Å². The van der Waals surface area contributed by atoms with Gasteiger partial charge in [-0.2, -0.15) is 15.8 Å². The van der Waals surface area contributed by atoms with E-state index in [-0.39, 0.29) is 5.90 Å². The molecule has 2 fully saturated rings. The highest BCUT2D eigenvalue weighted by molar-refractivity contribution is 5.89. The first-order chi connectivity index (χ1) is 12.4. The van der Waals surface area contributed by atoms with E-state index in [9.17, 15) is 15.8 Å². The zero-order valence-corrected chi connectivity index (χ0v) is 14.7. The van der Waals surface area contributed by atoms with Crippen LogP contribution in [0.15, 0.2) is 24.3 Å². The molecule has 26 heavy (non-hydrogen) atoms. The molecule has 7 nitrogen and oxygen atoms in total. The number of hydrogen-bond donors (Lipinski definition) is 1. The van der Waals surface area contributed by atoms with E-state index in [0.29, 0.717) is 17.7 Å². The number of fused-ring (bicyclic) bond motifs is 2. The molecule has 1 aromatic rings. The largest absolute Gasteiger partial charge is 0.497 e. The van der Waals surface area contributed by atoms with Gasteiger partial charge in [-0.3, -0.25) is 5.41 Å². The van der Waals surface area contributed by atoms with Crippen LogP contribution in [-0.2, 0) is 9.47 Å². The van der Waals surface area contributed by atoms with E-state index < -0.39 is 28.6 Å². The molecule has 1 N–H and O–H groups in total. The second-order valence-electron chi connectivity index (χ2n) is 6.54. The lowest BCUT2D eigenvalue weighted by atomic mass is 9.53. The maximum atomic E-state index is 10.0. The van der Waals surface area contributed by atoms with E-state index in [1.54, 1.807) is 31.2 Å². The second kappa shape index (κ2) is 5.73. The summed E-state index contributed by atoms with van der Waals surface area (Å²) >= 11 is 0. The maximum absolute atomic E-state index is 10.0. The van der Waals surface area contributed by atoms with Gasteiger partial charge in [0.1, 0.15) is 11.9 Å². The molecule has 0 saturated carbocycles. The van der Waals surface area contributed by atoms with E-state index in [0.717, 1.165) is 0 Å². The lowest BCUT2D eigenvalue weighted by Crippen LogP contribution is -2.58. The van der Waals surface area contributed by atoms with Crippen LogP contribution in [0.3, 0.4) is 0 Å². The molecule has 0 aliphatic carbocycles. The molecule has 0 amide bonds. The average molecular weight is 350 g/mol. The van der Waals surface area contributed by atoms with Crippen LogP contribution in [0.1, 0.15) is 31.9 Å². The molecule has 2 aliphatic heterocycles. The number of rotatable bonds is 3. The van der Waals surface area contributed by atoms with Crippen molar-refractivity contribution in [3.8, 4) is 24.0 Å². The Bertz CT molecular complexity index is 862. The maximum Gasteiger partial charge on any atom is 0.217 e. The van der Waals surface area contributed by atoms with Gasteiger partial charge >= 0.3 is 0 Å². The lowest BCUT2D eigenvalue weighted by molar-refractivity contribution is -0.280. The molecule has 2 heterocycles. The molecule has 2 aliphatic rings. The first-order valence-electron chi connectivity index (χ1n) is 8.25. The summed E-state index contributed by atoms with van der Waals surface area (Å²) in [5.74, 6) is -1.64. The van der Waals surface area contributed by atoms with Crippen molar-refractivity contribution in [2.24, 2.45) is 16.7 Å². The summed E-state index contributed by atoms with van der Waals surface area (Å²) in [6.07, 6.45) is -0.665. The van der Waals surface area contributed by atoms with Crippen molar-refractivity contribution in [1.29, 1.82) is 21.2 Å². The second-order valence-corrected chi connectivity index (χ2v) is 6.54. The van der Waals surface area contributed by atoms with Crippen molar-refractivity contribution >= 4 is 5.90 Å². The van der Waals surface area contributed by atoms with Crippen LogP contribution in [0.25, 0.3) is 0 Å². The number of nitrogens with one attached hydrogen (secondary N) is 1. The van der Waals surface area contributed by atoms with Gasteiger partial charge in [-0.1, -0.05) is 26.0 Å². The molecule has 1 aromatic carbocycles. The summed E-state index contributed by atoms with van der Waals surface area (Å²) in [7, 11) is 1.54. The highest BCUT2D eigenvalue weighted by Crippen LogP contribution is 2.66. The van der Waals surface area contributed by atoms with E-state index in [4.69, 9.17) is 19.6 Å². The SMILES string of the molecule is CC[C@@]12OC(=N)[C@](C#N)([C@H]1C)C(C#N)(C#N)[C@H](c1ccc(OC)cc1)O2. The third-order valence-electron chi connectivity index (χ3n) is 5.72. The van der Waals surface area contributed by atoms with Gasteiger partial charge in [-0.15, -0.1) is 0 Å². The molecule has 0 radical (unpaired) electrons. The van der Waals surface area contributed by atoms with Gasteiger partial charge in [-0.05, 0) is 17.7 Å². The number of benzene rings is 1. The number of methoxy groups -OCH3 is 1. The van der Waals surface area contributed by atoms with Crippen LogP contribution < -0.4 is 4.74 Å². The van der Waals surface area contributed by atoms with Crippen molar-refractivity contribution in [3.05, 3.63) is 29.8 Å². The highest BCUT2D eigenvalue weighted by atomic mass is 16.7. The predicted octanol–water partition coefficient (Wildman–Crippen LogP) is 3.06. The third kappa shape index (κ3) is 1.80. The van der Waals surface area contributed by atoms with Gasteiger partial charge in [0.25, 0.3) is 0 Å². The van der Waals surface area contributed by atoms with Gasteiger partial charge in [0, 0.05) is 6.42 Å². The van der Waals surface area contributed by atoms with Crippen LogP contribution in [0, 0.1) is 56.2 Å². The minimum absolute atomic E-state index is 0.375. The fraction of sp³-hybridized carbons (Fsp3) is 0.474. The molecule has 2 bridgehead atoms. The van der Waals surface area contributed by atoms with Crippen molar-refractivity contribution < 1.29 is 14.2 Å². The molecule has 0 unspecified atom stereocenters. The van der Waals surface area contributed by atoms with E-state index in [2.05, 4.69) is 6.07 Å². The summed E-state index contributed by atoms with van der Waals surface area (Å²) in [5.41, 5.74) is -3.08. The summed E-state index contributed by atoms with van der Waals surface area (Å²) in [4.78, 5) is 0. The van der Waals surface area contributed by atoms with Crippen LogP contribution in [-0.4, -0.2) is 18.8 Å². The number of ether oxygens (including phenoxy) is 3. The van der Waals surface area contributed by atoms with Crippen LogP contribution in [0.4, 0.5) is 0 Å². The Morgan fingerprint density at radius 1 is 1.15 bits per heavy atom. The fourth-order valence-corrected chi connectivity index (χ4v) is 4.12. The van der Waals surface area contributed by atoms with Gasteiger partial charge in [-0.25, -0.2) is 0 Å². The zero-order valence-electron chi connectivity index (χ0n) is 14.7. The molecular weight excluding hydrogens is 332 g/mol. The molecule has 132 valence electrons. The quantitative estimate of drug-likeness (QED) is 0.893. The van der Waals surface area contributed by atoms with E-state index >= 15 is 0 Å². The minimum Gasteiger partial charge on any atom is -0.497 e. The Morgan fingerprint density at radius 3 is 2.23 bits per heavy atom. The molecule has 4 atom stereocenters. The molecule has 3 rings (SSSR count). The average Bonchev–Trinajstić information content (AvgIpc) is 2.84. The molecule has 0 spiro atoms. The van der Waals surface area contributed by atoms with Gasteiger partial charge in [0.05, 0.1) is 31.2 Å². The van der Waals surface area contributed by atoms with Crippen LogP contribution in [0.5, 0.6) is 5.75 Å². The Morgan fingerprint density at radius 2 is 1.77 bits per heavy atom. The Kier molecular flexibility index (Phi) is 3.91. The van der Waals surface area contributed by atoms with Crippen molar-refractivity contribution in [1.82, 2.24) is 0 Å². The minimum atomic E-state index is -1.91. The fourth-order valence-electron chi connectivity index (χ4n) is 4.12. The van der Waals surface area contributed by atoms with Gasteiger partial charge in [0.2, 0.25) is 17.1 Å². The topological polar surface area (TPSA) is 123 Å². The Hall–Kier alpha value is -3.08. The smallest absolute Gasteiger partial charge is 0.217 e. The summed E-state index contributed by atoms with van der Waals surface area (Å²) < 4.78 is 17.0. The zero-order chi connectivity index (χ0) is 19.2. The van der Waals surface area contributed by atoms with Crippen molar-refractivity contribution in [2.45, 2.75) is 32.2 Å². The summed E-state index contributed by atoms with van der Waals surface area (Å²) in [6, 6.07) is 12.9. The van der Waals surface area contributed by atoms with Crippen LogP contribution >= 0.6 is 0 Å². The Balaban J connectivity index is 2.28. The van der Waals surface area contributed by atoms with Crippen molar-refractivity contribution in [2.75, 3.05) is 7.11 Å². The van der Waals surface area contributed by atoms with E-state index in [1.165, 1.54) is 7.11 Å². The van der Waals surface area contributed by atoms with Crippen LogP contribution in [0.2, 0.25) is 0 Å². The third-order valence-corrected chi connectivity index (χ3v) is 5.72. The highest BCUT2D eigenvalue weighted by Gasteiger charge is 2.78. The summed E-state index contributed by atoms with van der Waals surface area (Å²) in [6.45, 7) is 3.52. The number of hydrogen-bond acceptors (Lipinski definition) is 7. The number of nitriles is 3. The van der Waals surface area contributed by atoms with Gasteiger partial charge in [0.15, 0.2) is 5.41 Å². The summed E-state index contributed by atoms with van der Waals surface area (Å²) in [5, 5.41) is 38.3. The monoisotopic (exact) mass is 350 g/mol. The normalized spacial score (nSPS) is 34.1. The molecule has 0 aromatic heterocycles. The number of nitrogens with zero attached hydrogens (tertiary/aromatic N) is 3. The standard InChI is InChI=1S/C19H18N4O3/c1-4-19-12(2)18(11-22,16(23)26-19)17(9-20,10-21)15(25-19)13-5-7-14(24-3)8-6-13/h5-8,12,15,23H,4H2,1-3H3/t12-,15+,18+,19-/m1/s1. The predicted molar refractivity (Wildman–Crippen MR) is 89.5 cm³/mol. The molecular formula is C19H18N4O3. The Labute approximate surface area is 151 Å². The van der Waals surface area contributed by atoms with E-state index in [1.807, 2.05) is 19.1 Å². The first-order valence-corrected chi connectivity index (χ1v) is 8.25. The first kappa shape index (κ1) is 17.7. The molecule has 2 saturated heterocycles. The molecule has 7 heteroatoms.